The van der Waals surface area contributed by atoms with Gasteiger partial charge in [0.05, 0.1) is 16.7 Å². The van der Waals surface area contributed by atoms with Crippen LogP contribution >= 0.6 is 0 Å². The number of halogens is 3. The summed E-state index contributed by atoms with van der Waals surface area (Å²) < 4.78 is 47.6. The number of benzene rings is 2. The largest absolute Gasteiger partial charge is 0.490 e. The van der Waals surface area contributed by atoms with Crippen LogP contribution in [-0.4, -0.2) is 57.9 Å². The Bertz CT molecular complexity index is 1690. The molecule has 0 bridgehead atoms. The van der Waals surface area contributed by atoms with Crippen molar-refractivity contribution in [3.63, 3.8) is 0 Å². The van der Waals surface area contributed by atoms with Gasteiger partial charge in [-0.05, 0) is 81.6 Å². The first-order valence-electron chi connectivity index (χ1n) is 14.1. The van der Waals surface area contributed by atoms with E-state index >= 15 is 0 Å². The number of ether oxygens (including phenoxy) is 1. The minimum Gasteiger partial charge on any atom is -0.490 e. The van der Waals surface area contributed by atoms with E-state index in [2.05, 4.69) is 30.5 Å². The number of carbonyl (C=O) groups excluding carboxylic acids is 2. The number of nitrogens with one attached hydrogen (secondary N) is 3. The quantitative estimate of drug-likeness (QED) is 0.255. The van der Waals surface area contributed by atoms with E-state index in [1.807, 2.05) is 13.1 Å². The van der Waals surface area contributed by atoms with Crippen LogP contribution in [0.4, 0.5) is 24.5 Å². The first-order chi connectivity index (χ1) is 20.5. The third-order valence-electron chi connectivity index (χ3n) is 8.24. The average Bonchev–Trinajstić information content (AvgIpc) is 3.64. The van der Waals surface area contributed by atoms with Crippen molar-refractivity contribution in [3.8, 4) is 5.75 Å². The van der Waals surface area contributed by atoms with Gasteiger partial charge in [0.1, 0.15) is 23.8 Å². The van der Waals surface area contributed by atoms with Gasteiger partial charge in [0.2, 0.25) is 5.91 Å². The third-order valence-corrected chi connectivity index (χ3v) is 8.24. The van der Waals surface area contributed by atoms with Gasteiger partial charge in [0.25, 0.3) is 5.91 Å². The van der Waals surface area contributed by atoms with Gasteiger partial charge in [0, 0.05) is 41.6 Å². The molecule has 9 nitrogen and oxygen atoms in total. The van der Waals surface area contributed by atoms with Gasteiger partial charge in [0.15, 0.2) is 0 Å². The van der Waals surface area contributed by atoms with E-state index in [4.69, 9.17) is 4.74 Å². The summed E-state index contributed by atoms with van der Waals surface area (Å²) in [6.07, 6.45) is 0.702. The number of H-pyrrole nitrogens is 1. The lowest BCUT2D eigenvalue weighted by Gasteiger charge is -2.30. The maximum atomic E-state index is 14.0. The van der Waals surface area contributed by atoms with Gasteiger partial charge in [-0.2, -0.15) is 13.2 Å². The number of aryl methyl sites for hydroxylation is 1. The van der Waals surface area contributed by atoms with Crippen LogP contribution < -0.4 is 15.4 Å². The second-order valence-electron chi connectivity index (χ2n) is 11.3. The van der Waals surface area contributed by atoms with E-state index in [1.54, 1.807) is 25.3 Å². The standard InChI is InChI=1S/C31H31F3N6O3/c1-18-3-4-19(15-24(18)39-29(42)30(10-11-30)26-22-7-12-35-27(22)37-17-36-26)28(41)38-20-5-6-25(23(16-20)31(32,33)34)43-21-8-13-40(2)14-9-21/h3-7,12,15-17,21H,8-11,13-14H2,1-2H3,(H,38,41)(H,39,42)(H,35,36,37). The lowest BCUT2D eigenvalue weighted by molar-refractivity contribution is -0.139. The highest BCUT2D eigenvalue weighted by molar-refractivity contribution is 6.07. The molecule has 6 rings (SSSR count). The number of nitrogens with zero attached hydrogens (tertiary/aromatic N) is 3. The summed E-state index contributed by atoms with van der Waals surface area (Å²) in [5.74, 6) is -1.11. The van der Waals surface area contributed by atoms with Crippen molar-refractivity contribution in [2.45, 2.75) is 50.3 Å². The monoisotopic (exact) mass is 592 g/mol. The highest BCUT2D eigenvalue weighted by Crippen LogP contribution is 2.50. The van der Waals surface area contributed by atoms with E-state index in [0.717, 1.165) is 30.1 Å². The molecular formula is C31H31F3N6O3. The zero-order valence-electron chi connectivity index (χ0n) is 23.7. The summed E-state index contributed by atoms with van der Waals surface area (Å²) in [7, 11) is 1.96. The number of likely N-dealkylation sites (tertiary alicyclic amines) is 1. The van der Waals surface area contributed by atoms with Crippen molar-refractivity contribution in [1.29, 1.82) is 0 Å². The van der Waals surface area contributed by atoms with Crippen LogP contribution in [0.2, 0.25) is 0 Å². The lowest BCUT2D eigenvalue weighted by atomic mass is 9.98. The number of hydrogen-bond acceptors (Lipinski definition) is 6. The molecule has 3 heterocycles. The van der Waals surface area contributed by atoms with Crippen LogP contribution in [0.25, 0.3) is 11.0 Å². The molecule has 2 fully saturated rings. The molecule has 224 valence electrons. The van der Waals surface area contributed by atoms with Gasteiger partial charge in [-0.15, -0.1) is 0 Å². The molecule has 2 aromatic heterocycles. The van der Waals surface area contributed by atoms with Crippen LogP contribution in [0.1, 0.15) is 52.9 Å². The summed E-state index contributed by atoms with van der Waals surface area (Å²) in [5.41, 5.74) is 0.861. The minimum absolute atomic E-state index is 0.0181. The molecule has 1 saturated carbocycles. The Morgan fingerprint density at radius 1 is 1.05 bits per heavy atom. The molecule has 0 unspecified atom stereocenters. The van der Waals surface area contributed by atoms with Gasteiger partial charge in [-0.25, -0.2) is 9.97 Å². The van der Waals surface area contributed by atoms with Gasteiger partial charge in [-0.3, -0.25) is 9.59 Å². The highest BCUT2D eigenvalue weighted by Gasteiger charge is 2.53. The number of aromatic nitrogens is 3. The van der Waals surface area contributed by atoms with E-state index in [0.29, 0.717) is 42.7 Å². The average molecular weight is 593 g/mol. The number of amides is 2. The molecule has 43 heavy (non-hydrogen) atoms. The number of anilines is 2. The van der Waals surface area contributed by atoms with Crippen molar-refractivity contribution in [3.05, 3.63) is 77.4 Å². The van der Waals surface area contributed by atoms with Crippen molar-refractivity contribution in [2.24, 2.45) is 0 Å². The molecule has 3 N–H and O–H groups in total. The van der Waals surface area contributed by atoms with Crippen LogP contribution in [0.5, 0.6) is 5.75 Å². The third kappa shape index (κ3) is 5.79. The first kappa shape index (κ1) is 28.7. The smallest absolute Gasteiger partial charge is 0.420 e. The maximum Gasteiger partial charge on any atom is 0.420 e. The Hall–Kier alpha value is -4.45. The number of fused-ring (bicyclic) bond motifs is 1. The molecule has 12 heteroatoms. The zero-order chi connectivity index (χ0) is 30.4. The van der Waals surface area contributed by atoms with Crippen LogP contribution in [-0.2, 0) is 16.4 Å². The zero-order valence-corrected chi connectivity index (χ0v) is 23.7. The molecule has 2 aromatic carbocycles. The number of piperidine rings is 1. The van der Waals surface area contributed by atoms with E-state index in [-0.39, 0.29) is 29.0 Å². The van der Waals surface area contributed by atoms with Crippen molar-refractivity contribution >= 4 is 34.2 Å². The maximum absolute atomic E-state index is 14.0. The van der Waals surface area contributed by atoms with E-state index < -0.39 is 23.1 Å². The Morgan fingerprint density at radius 2 is 1.81 bits per heavy atom. The fraction of sp³-hybridized carbons (Fsp3) is 0.355. The summed E-state index contributed by atoms with van der Waals surface area (Å²) in [4.78, 5) is 40.4. The molecule has 1 aliphatic heterocycles. The summed E-state index contributed by atoms with van der Waals surface area (Å²) in [5, 5.41) is 6.28. The normalized spacial score (nSPS) is 17.0. The van der Waals surface area contributed by atoms with Crippen LogP contribution in [0.3, 0.4) is 0 Å². The minimum atomic E-state index is -4.67. The van der Waals surface area contributed by atoms with Gasteiger partial charge in [-0.1, -0.05) is 6.07 Å². The first-order valence-corrected chi connectivity index (χ1v) is 14.1. The molecule has 0 spiro atoms. The van der Waals surface area contributed by atoms with Crippen molar-refractivity contribution in [1.82, 2.24) is 19.9 Å². The number of rotatable bonds is 7. The second-order valence-corrected chi connectivity index (χ2v) is 11.3. The SMILES string of the molecule is Cc1ccc(C(=O)Nc2ccc(OC3CCN(C)CC3)c(C(F)(F)F)c2)cc1NC(=O)C1(c2ncnc3[nH]ccc23)CC1. The molecule has 2 amide bonds. The predicted octanol–water partition coefficient (Wildman–Crippen LogP) is 5.68. The molecule has 1 saturated heterocycles. The topological polar surface area (TPSA) is 112 Å². The Balaban J connectivity index is 1.19. The summed E-state index contributed by atoms with van der Waals surface area (Å²) in [6, 6.07) is 10.1. The molecular weight excluding hydrogens is 561 g/mol. The molecule has 0 radical (unpaired) electrons. The van der Waals surface area contributed by atoms with E-state index in [9.17, 15) is 22.8 Å². The summed E-state index contributed by atoms with van der Waals surface area (Å²) >= 11 is 0. The second kappa shape index (κ2) is 11.0. The number of alkyl halides is 3. The number of carbonyl (C=O) groups is 2. The molecule has 4 aromatic rings. The van der Waals surface area contributed by atoms with Crippen LogP contribution in [0.15, 0.2) is 55.0 Å². The lowest BCUT2D eigenvalue weighted by Crippen LogP contribution is -2.36. The Labute approximate surface area is 245 Å². The molecule has 1 aliphatic carbocycles. The van der Waals surface area contributed by atoms with Crippen molar-refractivity contribution in [2.75, 3.05) is 30.8 Å². The van der Waals surface area contributed by atoms with Gasteiger partial charge >= 0.3 is 6.18 Å². The molecule has 2 aliphatic rings. The summed E-state index contributed by atoms with van der Waals surface area (Å²) in [6.45, 7) is 3.29. The predicted molar refractivity (Wildman–Crippen MR) is 155 cm³/mol. The molecule has 0 atom stereocenters. The fourth-order valence-electron chi connectivity index (χ4n) is 5.51. The van der Waals surface area contributed by atoms with E-state index in [1.165, 1.54) is 24.5 Å². The number of hydrogen-bond donors (Lipinski definition) is 3. The fourth-order valence-corrected chi connectivity index (χ4v) is 5.51. The van der Waals surface area contributed by atoms with Crippen molar-refractivity contribution < 1.29 is 27.5 Å². The van der Waals surface area contributed by atoms with Crippen LogP contribution in [0, 0.1) is 6.92 Å². The van der Waals surface area contributed by atoms with Gasteiger partial charge < -0.3 is 25.3 Å². The Morgan fingerprint density at radius 3 is 2.53 bits per heavy atom. The Kier molecular flexibility index (Phi) is 7.33. The number of aromatic amines is 1. The highest BCUT2D eigenvalue weighted by atomic mass is 19.4.